The SMILES string of the molecule is Cc1noc(C)c1S(=O)(=O)N(C)C[C@H]1OCCCC[C@H](C)Oc2ccc(NC(=O)Nc3ccccc3)cc2C(=O)N([C@@H](C)CO)C[C@@H]1C. The van der Waals surface area contributed by atoms with Gasteiger partial charge in [-0.3, -0.25) is 4.79 Å². The van der Waals surface area contributed by atoms with Crippen molar-refractivity contribution in [2.45, 2.75) is 77.0 Å². The van der Waals surface area contributed by atoms with Crippen LogP contribution in [0.25, 0.3) is 0 Å². The number of anilines is 2. The Bertz CT molecular complexity index is 1630. The van der Waals surface area contributed by atoms with E-state index in [9.17, 15) is 23.1 Å². The molecule has 0 aliphatic carbocycles. The molecule has 2 aromatic carbocycles. The average molecular weight is 686 g/mol. The zero-order chi connectivity index (χ0) is 35.0. The molecule has 2 heterocycles. The molecule has 0 saturated heterocycles. The van der Waals surface area contributed by atoms with E-state index in [0.29, 0.717) is 30.2 Å². The van der Waals surface area contributed by atoms with E-state index in [1.807, 2.05) is 32.0 Å². The number of urea groups is 1. The number of hydrogen-bond acceptors (Lipinski definition) is 9. The lowest BCUT2D eigenvalue weighted by Crippen LogP contribution is -2.48. The van der Waals surface area contributed by atoms with Crippen molar-refractivity contribution in [2.75, 3.05) is 44.0 Å². The fourth-order valence-electron chi connectivity index (χ4n) is 5.63. The van der Waals surface area contributed by atoms with E-state index in [1.54, 1.807) is 51.1 Å². The summed E-state index contributed by atoms with van der Waals surface area (Å²) in [5.74, 6) is -0.201. The largest absolute Gasteiger partial charge is 0.490 e. The number of hydrogen-bond donors (Lipinski definition) is 3. The fraction of sp³-hybridized carbons (Fsp3) is 0.500. The summed E-state index contributed by atoms with van der Waals surface area (Å²) in [7, 11) is -2.46. The number of aliphatic hydroxyl groups excluding tert-OH is 1. The molecule has 0 saturated carbocycles. The summed E-state index contributed by atoms with van der Waals surface area (Å²) >= 11 is 0. The number of aliphatic hydroxyl groups is 1. The Morgan fingerprint density at radius 2 is 1.81 bits per heavy atom. The summed E-state index contributed by atoms with van der Waals surface area (Å²) < 4.78 is 46.0. The number of carbonyl (C=O) groups excluding carboxylic acids is 2. The highest BCUT2D eigenvalue weighted by molar-refractivity contribution is 7.89. The van der Waals surface area contributed by atoms with Crippen LogP contribution in [0, 0.1) is 19.8 Å². The first-order valence-electron chi connectivity index (χ1n) is 16.2. The quantitative estimate of drug-likeness (QED) is 0.294. The minimum atomic E-state index is -3.95. The van der Waals surface area contributed by atoms with E-state index in [4.69, 9.17) is 14.0 Å². The van der Waals surface area contributed by atoms with Gasteiger partial charge in [0.1, 0.15) is 16.3 Å². The molecule has 48 heavy (non-hydrogen) atoms. The van der Waals surface area contributed by atoms with Crippen LogP contribution in [0.3, 0.4) is 0 Å². The predicted molar refractivity (Wildman–Crippen MR) is 182 cm³/mol. The van der Waals surface area contributed by atoms with Crippen molar-refractivity contribution in [3.8, 4) is 5.75 Å². The third-order valence-electron chi connectivity index (χ3n) is 8.41. The normalized spacial score (nSPS) is 20.4. The van der Waals surface area contributed by atoms with Crippen molar-refractivity contribution in [1.29, 1.82) is 0 Å². The van der Waals surface area contributed by atoms with Gasteiger partial charge in [0.25, 0.3) is 5.91 Å². The molecular formula is C34H47N5O8S. The summed E-state index contributed by atoms with van der Waals surface area (Å²) in [6, 6.07) is 12.8. The topological polar surface area (TPSA) is 164 Å². The molecule has 0 bridgehead atoms. The number of amides is 3. The summed E-state index contributed by atoms with van der Waals surface area (Å²) in [4.78, 5) is 28.7. The Balaban J connectivity index is 1.64. The van der Waals surface area contributed by atoms with E-state index in [2.05, 4.69) is 15.8 Å². The maximum Gasteiger partial charge on any atom is 0.323 e. The number of aryl methyl sites for hydroxylation is 2. The van der Waals surface area contributed by atoms with Crippen molar-refractivity contribution < 1.29 is 37.1 Å². The zero-order valence-electron chi connectivity index (χ0n) is 28.4. The van der Waals surface area contributed by atoms with Gasteiger partial charge in [-0.1, -0.05) is 30.3 Å². The first-order valence-corrected chi connectivity index (χ1v) is 17.6. The number of carbonyl (C=O) groups is 2. The van der Waals surface area contributed by atoms with Crippen LogP contribution >= 0.6 is 0 Å². The highest BCUT2D eigenvalue weighted by Crippen LogP contribution is 2.29. The van der Waals surface area contributed by atoms with Crippen molar-refractivity contribution in [3.63, 3.8) is 0 Å². The molecule has 3 aromatic rings. The third-order valence-corrected chi connectivity index (χ3v) is 10.5. The third kappa shape index (κ3) is 9.13. The monoisotopic (exact) mass is 685 g/mol. The molecule has 262 valence electrons. The molecule has 1 aliphatic rings. The Hall–Kier alpha value is -3.98. The minimum absolute atomic E-state index is 0.0177. The number of fused-ring (bicyclic) bond motifs is 1. The van der Waals surface area contributed by atoms with Gasteiger partial charge in [0.2, 0.25) is 10.0 Å². The van der Waals surface area contributed by atoms with E-state index < -0.39 is 34.1 Å². The highest BCUT2D eigenvalue weighted by Gasteiger charge is 2.34. The van der Waals surface area contributed by atoms with Crippen LogP contribution in [0.15, 0.2) is 57.9 Å². The lowest BCUT2D eigenvalue weighted by molar-refractivity contribution is -0.00835. The number of rotatable bonds is 8. The summed E-state index contributed by atoms with van der Waals surface area (Å²) in [6.45, 7) is 8.93. The second-order valence-corrected chi connectivity index (χ2v) is 14.4. The van der Waals surface area contributed by atoms with Crippen LogP contribution in [-0.4, -0.2) is 91.4 Å². The van der Waals surface area contributed by atoms with E-state index in [0.717, 1.165) is 12.8 Å². The molecule has 0 spiro atoms. The van der Waals surface area contributed by atoms with Gasteiger partial charge < -0.3 is 34.6 Å². The number of para-hydroxylation sites is 1. The Morgan fingerprint density at radius 3 is 2.48 bits per heavy atom. The van der Waals surface area contributed by atoms with Crippen LogP contribution in [-0.2, 0) is 14.8 Å². The maximum atomic E-state index is 14.3. The smallest absolute Gasteiger partial charge is 0.323 e. The molecule has 13 nitrogen and oxygen atoms in total. The number of nitrogens with one attached hydrogen (secondary N) is 2. The Kier molecular flexibility index (Phi) is 12.6. The highest BCUT2D eigenvalue weighted by atomic mass is 32.2. The van der Waals surface area contributed by atoms with Crippen LogP contribution in [0.4, 0.5) is 16.2 Å². The molecule has 3 N–H and O–H groups in total. The molecule has 4 rings (SSSR count). The lowest BCUT2D eigenvalue weighted by atomic mass is 10.0. The van der Waals surface area contributed by atoms with Crippen LogP contribution in [0.2, 0.25) is 0 Å². The van der Waals surface area contributed by atoms with Crippen LogP contribution in [0.1, 0.15) is 61.8 Å². The summed E-state index contributed by atoms with van der Waals surface area (Å²) in [6.07, 6.45) is 1.38. The molecule has 0 unspecified atom stereocenters. The molecule has 0 radical (unpaired) electrons. The number of nitrogens with zero attached hydrogens (tertiary/aromatic N) is 3. The molecule has 1 aromatic heterocycles. The predicted octanol–water partition coefficient (Wildman–Crippen LogP) is 5.05. The lowest BCUT2D eigenvalue weighted by Gasteiger charge is -2.35. The fourth-order valence-corrected chi connectivity index (χ4v) is 7.09. The maximum absolute atomic E-state index is 14.3. The van der Waals surface area contributed by atoms with Gasteiger partial charge in [0.15, 0.2) is 5.76 Å². The van der Waals surface area contributed by atoms with Crippen LogP contribution < -0.4 is 15.4 Å². The van der Waals surface area contributed by atoms with Gasteiger partial charge in [-0.05, 0) is 77.3 Å². The zero-order valence-corrected chi connectivity index (χ0v) is 29.2. The summed E-state index contributed by atoms with van der Waals surface area (Å²) in [5.41, 5.74) is 1.49. The average Bonchev–Trinajstić information content (AvgIpc) is 3.40. The second kappa shape index (κ2) is 16.4. The molecule has 4 atom stereocenters. The number of likely N-dealkylation sites (N-methyl/N-ethyl adjacent to an activating group) is 1. The molecule has 3 amide bonds. The van der Waals surface area contributed by atoms with Crippen molar-refractivity contribution in [3.05, 3.63) is 65.5 Å². The molecule has 14 heteroatoms. The van der Waals surface area contributed by atoms with Crippen LogP contribution in [0.5, 0.6) is 5.75 Å². The van der Waals surface area contributed by atoms with Gasteiger partial charge in [-0.15, -0.1) is 0 Å². The van der Waals surface area contributed by atoms with E-state index in [-0.39, 0.29) is 53.6 Å². The van der Waals surface area contributed by atoms with E-state index >= 15 is 0 Å². The first-order chi connectivity index (χ1) is 22.8. The Labute approximate surface area is 282 Å². The van der Waals surface area contributed by atoms with Crippen molar-refractivity contribution >= 4 is 33.3 Å². The van der Waals surface area contributed by atoms with Gasteiger partial charge in [0, 0.05) is 44.0 Å². The van der Waals surface area contributed by atoms with Crippen molar-refractivity contribution in [2.24, 2.45) is 5.92 Å². The number of sulfonamides is 1. The summed E-state index contributed by atoms with van der Waals surface area (Å²) in [5, 5.41) is 19.6. The Morgan fingerprint density at radius 1 is 1.10 bits per heavy atom. The minimum Gasteiger partial charge on any atom is -0.490 e. The van der Waals surface area contributed by atoms with Gasteiger partial charge in [0.05, 0.1) is 30.4 Å². The van der Waals surface area contributed by atoms with Gasteiger partial charge in [-0.2, -0.15) is 4.31 Å². The molecular weight excluding hydrogens is 638 g/mol. The number of ether oxygens (including phenoxy) is 2. The number of aromatic nitrogens is 1. The van der Waals surface area contributed by atoms with E-state index in [1.165, 1.54) is 16.3 Å². The number of benzene rings is 2. The van der Waals surface area contributed by atoms with Crippen molar-refractivity contribution in [1.82, 2.24) is 14.4 Å². The molecule has 0 fully saturated rings. The molecule has 1 aliphatic heterocycles. The first kappa shape index (κ1) is 36.8. The standard InChI is InChI=1S/C34H47N5O8S/c1-22-19-39(23(2)21-40)33(41)29-18-28(36-34(42)35-27-13-8-7-9-14-27)15-16-30(29)46-24(3)12-10-11-17-45-31(22)20-38(6)48(43,44)32-25(4)37-47-26(32)5/h7-9,13-16,18,22-24,31,40H,10-12,17,19-21H2,1-6H3,(H2,35,36,42)/t22-,23-,24-,31+/m0/s1. The van der Waals surface area contributed by atoms with Gasteiger partial charge >= 0.3 is 6.03 Å². The second-order valence-electron chi connectivity index (χ2n) is 12.4. The van der Waals surface area contributed by atoms with Gasteiger partial charge in [-0.25, -0.2) is 13.2 Å².